The fraction of sp³-hybridized carbons (Fsp3) is 0.636. The number of carbonyl (C=O) groups excluding carboxylic acids is 1. The maximum Gasteiger partial charge on any atom is 0.410 e. The summed E-state index contributed by atoms with van der Waals surface area (Å²) in [7, 11) is 0. The number of hydrogen-bond donors (Lipinski definition) is 1. The Balaban J connectivity index is 1.75. The first-order valence-corrected chi connectivity index (χ1v) is 11.7. The number of piperazine rings is 1. The van der Waals surface area contributed by atoms with Gasteiger partial charge in [0.05, 0.1) is 17.8 Å². The maximum absolute atomic E-state index is 13.6. The van der Waals surface area contributed by atoms with Crippen LogP contribution in [0.2, 0.25) is 0 Å². The van der Waals surface area contributed by atoms with E-state index in [0.29, 0.717) is 34.4 Å². The number of hydrogen-bond acceptors (Lipinski definition) is 6. The molecule has 0 bridgehead atoms. The highest BCUT2D eigenvalue weighted by Crippen LogP contribution is 2.39. The van der Waals surface area contributed by atoms with Crippen molar-refractivity contribution in [2.75, 3.05) is 11.4 Å². The molecule has 9 heteroatoms. The largest absolute Gasteiger partial charge is 0.444 e. The van der Waals surface area contributed by atoms with Gasteiger partial charge in [0.2, 0.25) is 5.43 Å². The molecule has 0 aromatic carbocycles. The van der Waals surface area contributed by atoms with Gasteiger partial charge in [-0.1, -0.05) is 6.92 Å². The van der Waals surface area contributed by atoms with E-state index in [4.69, 9.17) is 4.74 Å². The predicted molar refractivity (Wildman–Crippen MR) is 124 cm³/mol. The van der Waals surface area contributed by atoms with Gasteiger partial charge in [-0.15, -0.1) is 0 Å². The van der Waals surface area contributed by atoms with Gasteiger partial charge in [0.15, 0.2) is 11.2 Å². The first-order chi connectivity index (χ1) is 14.5. The van der Waals surface area contributed by atoms with E-state index in [-0.39, 0.29) is 29.6 Å². The van der Waals surface area contributed by atoms with Crippen molar-refractivity contribution in [1.82, 2.24) is 19.9 Å². The molecule has 2 aliphatic rings. The van der Waals surface area contributed by atoms with Crippen LogP contribution >= 0.6 is 15.9 Å². The van der Waals surface area contributed by atoms with Crippen molar-refractivity contribution in [3.8, 4) is 0 Å². The summed E-state index contributed by atoms with van der Waals surface area (Å²) < 4.78 is 6.22. The van der Waals surface area contributed by atoms with Crippen LogP contribution in [0.15, 0.2) is 9.40 Å². The van der Waals surface area contributed by atoms with E-state index in [0.717, 1.165) is 24.2 Å². The van der Waals surface area contributed by atoms with Gasteiger partial charge >= 0.3 is 6.09 Å². The zero-order valence-corrected chi connectivity index (χ0v) is 20.5. The highest BCUT2D eigenvalue weighted by atomic mass is 79.9. The number of nitrogens with zero attached hydrogens (tertiary/aromatic N) is 4. The Hall–Kier alpha value is -2.16. The predicted octanol–water partition coefficient (Wildman–Crippen LogP) is 3.93. The molecule has 1 N–H and O–H groups in total. The number of rotatable bonds is 2. The van der Waals surface area contributed by atoms with Crippen molar-refractivity contribution in [3.63, 3.8) is 0 Å². The number of carbonyl (C=O) groups is 1. The minimum absolute atomic E-state index is 0.0280. The van der Waals surface area contributed by atoms with Gasteiger partial charge in [-0.05, 0) is 69.8 Å². The number of aryl methyl sites for hydroxylation is 2. The van der Waals surface area contributed by atoms with Gasteiger partial charge in [0.1, 0.15) is 15.9 Å². The van der Waals surface area contributed by atoms with Gasteiger partial charge < -0.3 is 19.5 Å². The Bertz CT molecular complexity index is 1090. The number of amides is 1. The second-order valence-electron chi connectivity index (χ2n) is 9.53. The lowest BCUT2D eigenvalue weighted by Crippen LogP contribution is -2.70. The number of aromatic nitrogens is 3. The molecule has 0 unspecified atom stereocenters. The summed E-state index contributed by atoms with van der Waals surface area (Å²) in [5, 5.41) is 0. The van der Waals surface area contributed by atoms with Crippen LogP contribution in [0.3, 0.4) is 0 Å². The number of halogens is 1. The highest BCUT2D eigenvalue weighted by molar-refractivity contribution is 9.10. The molecule has 3 heterocycles. The second-order valence-corrected chi connectivity index (χ2v) is 10.3. The van der Waals surface area contributed by atoms with Crippen LogP contribution in [0, 0.1) is 6.92 Å². The Kier molecular flexibility index (Phi) is 5.52. The molecule has 168 valence electrons. The normalized spacial score (nSPS) is 23.5. The van der Waals surface area contributed by atoms with Crippen LogP contribution in [-0.2, 0) is 11.2 Å². The molecule has 31 heavy (non-hydrogen) atoms. The molecule has 2 aromatic heterocycles. The van der Waals surface area contributed by atoms with E-state index in [2.05, 4.69) is 42.7 Å². The SMILES string of the molecule is CCc1[nH]c2nc(C)c(Br)nc2c(=O)c1N1[C@@H](C)CN(C(=O)OC(C)(C)C)[C@H]2CC[C@@H]21. The molecule has 0 spiro atoms. The van der Waals surface area contributed by atoms with E-state index in [9.17, 15) is 9.59 Å². The summed E-state index contributed by atoms with van der Waals surface area (Å²) in [4.78, 5) is 42.8. The average Bonchev–Trinajstić information content (AvgIpc) is 2.64. The Morgan fingerprint density at radius 3 is 2.52 bits per heavy atom. The Morgan fingerprint density at radius 2 is 1.94 bits per heavy atom. The topological polar surface area (TPSA) is 91.4 Å². The molecule has 1 aliphatic heterocycles. The molecule has 1 saturated heterocycles. The minimum Gasteiger partial charge on any atom is -0.444 e. The fourth-order valence-corrected chi connectivity index (χ4v) is 4.89. The van der Waals surface area contributed by atoms with Crippen molar-refractivity contribution in [3.05, 3.63) is 26.2 Å². The number of aromatic amines is 1. The quantitative estimate of drug-likeness (QED) is 0.683. The molecular formula is C22H30BrN5O3. The van der Waals surface area contributed by atoms with E-state index in [1.165, 1.54) is 0 Å². The van der Waals surface area contributed by atoms with E-state index < -0.39 is 5.60 Å². The van der Waals surface area contributed by atoms with Crippen LogP contribution < -0.4 is 10.3 Å². The molecule has 1 amide bonds. The highest BCUT2D eigenvalue weighted by Gasteiger charge is 2.49. The van der Waals surface area contributed by atoms with Crippen LogP contribution in [0.4, 0.5) is 10.5 Å². The number of anilines is 1. The first kappa shape index (κ1) is 22.0. The molecular weight excluding hydrogens is 462 g/mol. The molecule has 8 nitrogen and oxygen atoms in total. The third-order valence-electron chi connectivity index (χ3n) is 6.13. The fourth-order valence-electron chi connectivity index (χ4n) is 4.63. The van der Waals surface area contributed by atoms with Gasteiger partial charge in [-0.2, -0.15) is 0 Å². The average molecular weight is 492 g/mol. The second kappa shape index (κ2) is 7.76. The lowest BCUT2D eigenvalue weighted by Gasteiger charge is -2.57. The lowest BCUT2D eigenvalue weighted by molar-refractivity contribution is -0.00992. The van der Waals surface area contributed by atoms with Gasteiger partial charge in [0, 0.05) is 18.3 Å². The number of ether oxygens (including phenoxy) is 1. The number of nitrogens with one attached hydrogen (secondary N) is 1. The zero-order valence-electron chi connectivity index (χ0n) is 19.0. The first-order valence-electron chi connectivity index (χ1n) is 10.9. The molecule has 2 fully saturated rings. The Labute approximate surface area is 190 Å². The monoisotopic (exact) mass is 491 g/mol. The molecule has 3 atom stereocenters. The van der Waals surface area contributed by atoms with Gasteiger partial charge in [-0.25, -0.2) is 14.8 Å². The summed E-state index contributed by atoms with van der Waals surface area (Å²) in [5.74, 6) is 0. The number of pyridine rings is 1. The van der Waals surface area contributed by atoms with Crippen molar-refractivity contribution in [2.24, 2.45) is 0 Å². The van der Waals surface area contributed by atoms with Gasteiger partial charge in [0.25, 0.3) is 0 Å². The standard InChI is InChI=1S/C22H30BrN5O3/c1-7-13-17(18(29)16-20(25-13)24-12(3)19(23)26-16)28-11(2)10-27(14-8-9-15(14)28)21(30)31-22(4,5)6/h11,14-15H,7-10H2,1-6H3,(H,24,25,29)/t11-,14-,15-/m0/s1. The van der Waals surface area contributed by atoms with Crippen LogP contribution in [-0.4, -0.2) is 56.2 Å². The van der Waals surface area contributed by atoms with Crippen LogP contribution in [0.1, 0.15) is 58.8 Å². The summed E-state index contributed by atoms with van der Waals surface area (Å²) in [6, 6.07) is 0.100. The molecule has 2 aromatic rings. The molecule has 1 aliphatic carbocycles. The lowest BCUT2D eigenvalue weighted by atomic mass is 9.80. The summed E-state index contributed by atoms with van der Waals surface area (Å²) in [6.45, 7) is 12.1. The van der Waals surface area contributed by atoms with Crippen LogP contribution in [0.25, 0.3) is 11.2 Å². The summed E-state index contributed by atoms with van der Waals surface area (Å²) in [6.07, 6.45) is 2.23. The smallest absolute Gasteiger partial charge is 0.410 e. The summed E-state index contributed by atoms with van der Waals surface area (Å²) in [5.41, 5.74) is 2.45. The van der Waals surface area contributed by atoms with Crippen molar-refractivity contribution in [2.45, 2.75) is 84.5 Å². The number of fused-ring (bicyclic) bond motifs is 2. The zero-order chi connectivity index (χ0) is 22.7. The van der Waals surface area contributed by atoms with E-state index >= 15 is 0 Å². The van der Waals surface area contributed by atoms with E-state index in [1.807, 2.05) is 39.5 Å². The van der Waals surface area contributed by atoms with Gasteiger partial charge in [-0.3, -0.25) is 4.79 Å². The number of H-pyrrole nitrogens is 1. The van der Waals surface area contributed by atoms with Crippen molar-refractivity contribution in [1.29, 1.82) is 0 Å². The third kappa shape index (κ3) is 3.81. The van der Waals surface area contributed by atoms with Crippen molar-refractivity contribution < 1.29 is 9.53 Å². The Morgan fingerprint density at radius 1 is 1.26 bits per heavy atom. The molecule has 0 radical (unpaired) electrons. The third-order valence-corrected chi connectivity index (χ3v) is 6.88. The molecule has 1 saturated carbocycles. The minimum atomic E-state index is -0.536. The van der Waals surface area contributed by atoms with Crippen molar-refractivity contribution >= 4 is 38.9 Å². The summed E-state index contributed by atoms with van der Waals surface area (Å²) >= 11 is 3.40. The molecule has 4 rings (SSSR count). The maximum atomic E-state index is 13.6. The van der Waals surface area contributed by atoms with Crippen LogP contribution in [0.5, 0.6) is 0 Å². The van der Waals surface area contributed by atoms with E-state index in [1.54, 1.807) is 0 Å².